The summed E-state index contributed by atoms with van der Waals surface area (Å²) in [5, 5.41) is 0. The predicted octanol–water partition coefficient (Wildman–Crippen LogP) is 4.01. The van der Waals surface area contributed by atoms with Crippen LogP contribution >= 0.6 is 0 Å². The van der Waals surface area contributed by atoms with Gasteiger partial charge in [-0.05, 0) is 65.0 Å². The molecule has 0 bridgehead atoms. The molecule has 2 aliphatic heterocycles. The van der Waals surface area contributed by atoms with E-state index < -0.39 is 5.60 Å². The van der Waals surface area contributed by atoms with Gasteiger partial charge in [-0.25, -0.2) is 4.79 Å². The summed E-state index contributed by atoms with van der Waals surface area (Å²) in [6.45, 7) is 10.4. The van der Waals surface area contributed by atoms with Crippen molar-refractivity contribution in [2.45, 2.75) is 65.0 Å². The minimum atomic E-state index is -0.480. The van der Waals surface area contributed by atoms with Crippen molar-refractivity contribution in [2.24, 2.45) is 5.92 Å². The van der Waals surface area contributed by atoms with Crippen LogP contribution in [0.4, 0.5) is 4.79 Å². The molecule has 0 aliphatic carbocycles. The zero-order valence-electron chi connectivity index (χ0n) is 18.1. The van der Waals surface area contributed by atoms with Gasteiger partial charge in [0.2, 0.25) is 5.91 Å². The van der Waals surface area contributed by atoms with Crippen LogP contribution in [-0.4, -0.2) is 59.7 Å². The topological polar surface area (TPSA) is 59.1 Å². The molecule has 0 N–H and O–H groups in total. The van der Waals surface area contributed by atoms with Crippen LogP contribution in [0.3, 0.4) is 0 Å². The van der Waals surface area contributed by atoms with E-state index in [9.17, 15) is 9.59 Å². The first-order chi connectivity index (χ1) is 13.7. The lowest BCUT2D eigenvalue weighted by Gasteiger charge is -2.38. The average Bonchev–Trinajstić information content (AvgIpc) is 3.08. The highest BCUT2D eigenvalue weighted by Crippen LogP contribution is 2.32. The molecule has 0 aromatic heterocycles. The molecule has 6 nitrogen and oxygen atoms in total. The number of carbonyl (C=O) groups excluding carboxylic acids is 2. The monoisotopic (exact) mass is 402 g/mol. The third kappa shape index (κ3) is 5.87. The van der Waals surface area contributed by atoms with E-state index in [2.05, 4.69) is 0 Å². The molecule has 2 aliphatic rings. The number of ether oxygens (including phenoxy) is 2. The van der Waals surface area contributed by atoms with Crippen LogP contribution in [0.15, 0.2) is 24.3 Å². The Balaban J connectivity index is 1.41. The predicted molar refractivity (Wildman–Crippen MR) is 112 cm³/mol. The number of nitrogens with zero attached hydrogens (tertiary/aromatic N) is 2. The number of hydrogen-bond donors (Lipinski definition) is 0. The number of amides is 2. The number of fused-ring (bicyclic) bond motifs is 1. The second-order valence-electron chi connectivity index (χ2n) is 9.18. The average molecular weight is 403 g/mol. The molecule has 2 atom stereocenters. The molecule has 2 unspecified atom stereocenters. The summed E-state index contributed by atoms with van der Waals surface area (Å²) in [4.78, 5) is 28.9. The van der Waals surface area contributed by atoms with Crippen molar-refractivity contribution in [1.82, 2.24) is 9.80 Å². The van der Waals surface area contributed by atoms with Crippen LogP contribution in [0.25, 0.3) is 0 Å². The SMILES string of the molecule is Cc1ccc(OCCCC(=O)N2CCC3C(CCN3C(=O)OC(C)(C)C)C2)cc1. The first-order valence-electron chi connectivity index (χ1n) is 10.7. The number of hydrogen-bond acceptors (Lipinski definition) is 4. The summed E-state index contributed by atoms with van der Waals surface area (Å²) >= 11 is 0. The fourth-order valence-corrected chi connectivity index (χ4v) is 4.16. The molecule has 1 aromatic rings. The molecule has 6 heteroatoms. The zero-order valence-corrected chi connectivity index (χ0v) is 18.1. The maximum atomic E-state index is 12.6. The van der Waals surface area contributed by atoms with Gasteiger partial charge >= 0.3 is 6.09 Å². The van der Waals surface area contributed by atoms with E-state index in [1.54, 1.807) is 0 Å². The van der Waals surface area contributed by atoms with Crippen molar-refractivity contribution in [2.75, 3.05) is 26.2 Å². The number of piperidine rings is 1. The molecule has 160 valence electrons. The molecule has 0 radical (unpaired) electrons. The van der Waals surface area contributed by atoms with E-state index in [-0.39, 0.29) is 18.0 Å². The van der Waals surface area contributed by atoms with Crippen LogP contribution in [0.2, 0.25) is 0 Å². The van der Waals surface area contributed by atoms with Gasteiger partial charge in [-0.3, -0.25) is 4.79 Å². The van der Waals surface area contributed by atoms with Crippen molar-refractivity contribution in [3.63, 3.8) is 0 Å². The number of benzene rings is 1. The third-order valence-electron chi connectivity index (χ3n) is 5.64. The Labute approximate surface area is 174 Å². The Bertz CT molecular complexity index is 711. The van der Waals surface area contributed by atoms with Gasteiger partial charge in [0.15, 0.2) is 0 Å². The van der Waals surface area contributed by atoms with E-state index in [1.807, 2.05) is 61.8 Å². The van der Waals surface area contributed by atoms with Crippen molar-refractivity contribution in [3.8, 4) is 5.75 Å². The zero-order chi connectivity index (χ0) is 21.0. The van der Waals surface area contributed by atoms with E-state index in [0.717, 1.165) is 31.7 Å². The normalized spacial score (nSPS) is 21.7. The molecule has 2 amide bonds. The fraction of sp³-hybridized carbons (Fsp3) is 0.652. The van der Waals surface area contributed by atoms with Gasteiger partial charge in [0.25, 0.3) is 0 Å². The molecule has 3 rings (SSSR count). The maximum Gasteiger partial charge on any atom is 0.410 e. The quantitative estimate of drug-likeness (QED) is 0.698. The molecule has 29 heavy (non-hydrogen) atoms. The summed E-state index contributed by atoms with van der Waals surface area (Å²) < 4.78 is 11.3. The Hall–Kier alpha value is -2.24. The minimum absolute atomic E-state index is 0.187. The second-order valence-corrected chi connectivity index (χ2v) is 9.18. The highest BCUT2D eigenvalue weighted by atomic mass is 16.6. The lowest BCUT2D eigenvalue weighted by atomic mass is 9.92. The molecular formula is C23H34N2O4. The molecule has 2 fully saturated rings. The Morgan fingerprint density at radius 2 is 1.83 bits per heavy atom. The number of rotatable bonds is 5. The number of aryl methyl sites for hydroxylation is 1. The van der Waals surface area contributed by atoms with E-state index in [1.165, 1.54) is 5.56 Å². The first-order valence-corrected chi connectivity index (χ1v) is 10.7. The van der Waals surface area contributed by atoms with Crippen molar-refractivity contribution in [3.05, 3.63) is 29.8 Å². The van der Waals surface area contributed by atoms with Crippen molar-refractivity contribution < 1.29 is 19.1 Å². The van der Waals surface area contributed by atoms with E-state index >= 15 is 0 Å². The van der Waals surface area contributed by atoms with Gasteiger partial charge in [-0.15, -0.1) is 0 Å². The lowest BCUT2D eigenvalue weighted by Crippen LogP contribution is -2.50. The van der Waals surface area contributed by atoms with Crippen molar-refractivity contribution in [1.29, 1.82) is 0 Å². The highest BCUT2D eigenvalue weighted by molar-refractivity contribution is 5.76. The Morgan fingerprint density at radius 3 is 2.52 bits per heavy atom. The van der Waals surface area contributed by atoms with Crippen molar-refractivity contribution >= 4 is 12.0 Å². The van der Waals surface area contributed by atoms with E-state index in [4.69, 9.17) is 9.47 Å². The van der Waals surface area contributed by atoms with Crippen LogP contribution < -0.4 is 4.74 Å². The third-order valence-corrected chi connectivity index (χ3v) is 5.64. The van der Waals surface area contributed by atoms with Gasteiger partial charge in [-0.2, -0.15) is 0 Å². The van der Waals surface area contributed by atoms with Gasteiger partial charge in [-0.1, -0.05) is 17.7 Å². The molecule has 2 heterocycles. The van der Waals surface area contributed by atoms with Gasteiger partial charge < -0.3 is 19.3 Å². The second kappa shape index (κ2) is 9.06. The summed E-state index contributed by atoms with van der Waals surface area (Å²) in [7, 11) is 0. The number of carbonyl (C=O) groups is 2. The van der Waals surface area contributed by atoms with Crippen LogP contribution in [0.1, 0.15) is 52.0 Å². The lowest BCUT2D eigenvalue weighted by molar-refractivity contribution is -0.133. The summed E-state index contributed by atoms with van der Waals surface area (Å²) in [6, 6.07) is 8.15. The van der Waals surface area contributed by atoms with Crippen LogP contribution in [-0.2, 0) is 9.53 Å². The molecule has 0 spiro atoms. The standard InChI is InChI=1S/C23H34N2O4/c1-17-7-9-19(10-8-17)28-15-5-6-21(26)24-13-12-20-18(16-24)11-14-25(20)22(27)29-23(2,3)4/h7-10,18,20H,5-6,11-16H2,1-4H3. The molecule has 0 saturated carbocycles. The molecule has 1 aromatic carbocycles. The van der Waals surface area contributed by atoms with Gasteiger partial charge in [0, 0.05) is 32.1 Å². The van der Waals surface area contributed by atoms with Gasteiger partial charge in [0.1, 0.15) is 11.4 Å². The number of likely N-dealkylation sites (tertiary alicyclic amines) is 2. The highest BCUT2D eigenvalue weighted by Gasteiger charge is 2.42. The summed E-state index contributed by atoms with van der Waals surface area (Å²) in [6.07, 6.45) is 2.75. The van der Waals surface area contributed by atoms with Crippen LogP contribution in [0, 0.1) is 12.8 Å². The maximum absolute atomic E-state index is 12.6. The first kappa shape index (κ1) is 21.5. The van der Waals surface area contributed by atoms with E-state index in [0.29, 0.717) is 31.9 Å². The van der Waals surface area contributed by atoms with Gasteiger partial charge in [0.05, 0.1) is 6.61 Å². The largest absolute Gasteiger partial charge is 0.494 e. The fourth-order valence-electron chi connectivity index (χ4n) is 4.16. The molecular weight excluding hydrogens is 368 g/mol. The Kier molecular flexibility index (Phi) is 6.70. The minimum Gasteiger partial charge on any atom is -0.494 e. The summed E-state index contributed by atoms with van der Waals surface area (Å²) in [5.41, 5.74) is 0.722. The summed E-state index contributed by atoms with van der Waals surface area (Å²) in [5.74, 6) is 1.38. The van der Waals surface area contributed by atoms with Crippen LogP contribution in [0.5, 0.6) is 5.75 Å². The smallest absolute Gasteiger partial charge is 0.410 e. The molecule has 2 saturated heterocycles. The Morgan fingerprint density at radius 1 is 1.10 bits per heavy atom.